The lowest BCUT2D eigenvalue weighted by molar-refractivity contribution is 0.295. The summed E-state index contributed by atoms with van der Waals surface area (Å²) in [6, 6.07) is 7.08. The van der Waals surface area contributed by atoms with Crippen molar-refractivity contribution in [3.05, 3.63) is 29.3 Å². The summed E-state index contributed by atoms with van der Waals surface area (Å²) < 4.78 is 6.00. The van der Waals surface area contributed by atoms with Gasteiger partial charge in [0.15, 0.2) is 0 Å². The van der Waals surface area contributed by atoms with Crippen LogP contribution in [0.3, 0.4) is 0 Å². The minimum atomic E-state index is 0.115. The van der Waals surface area contributed by atoms with Crippen LogP contribution in [-0.2, 0) is 5.41 Å². The maximum atomic E-state index is 6.00. The van der Waals surface area contributed by atoms with Crippen molar-refractivity contribution < 1.29 is 4.74 Å². The lowest BCUT2D eigenvalue weighted by atomic mass is 9.85. The number of ether oxygens (including phenoxy) is 1. The first-order valence-electron chi connectivity index (χ1n) is 7.85. The number of benzene rings is 1. The summed E-state index contributed by atoms with van der Waals surface area (Å²) in [6.07, 6.45) is 2.35. The maximum absolute atomic E-state index is 6.00. The van der Waals surface area contributed by atoms with Crippen LogP contribution in [0, 0.1) is 6.92 Å². The first-order valence-corrected chi connectivity index (χ1v) is 7.85. The van der Waals surface area contributed by atoms with Gasteiger partial charge in [0, 0.05) is 12.6 Å². The number of hydrogen-bond acceptors (Lipinski definition) is 2. The zero-order valence-corrected chi connectivity index (χ0v) is 14.0. The molecule has 0 amide bonds. The summed E-state index contributed by atoms with van der Waals surface area (Å²) in [5.74, 6) is 1.02. The molecule has 0 aliphatic carbocycles. The van der Waals surface area contributed by atoms with Crippen LogP contribution in [-0.4, -0.2) is 19.2 Å². The van der Waals surface area contributed by atoms with Gasteiger partial charge in [-0.05, 0) is 36.8 Å². The third kappa shape index (κ3) is 5.16. The molecule has 20 heavy (non-hydrogen) atoms. The number of rotatable bonds is 7. The van der Waals surface area contributed by atoms with Gasteiger partial charge in [-0.2, -0.15) is 0 Å². The Hall–Kier alpha value is -1.02. The number of hydrogen-bond donors (Lipinski definition) is 1. The first kappa shape index (κ1) is 17.0. The van der Waals surface area contributed by atoms with E-state index in [0.29, 0.717) is 6.04 Å². The molecule has 1 N–H and O–H groups in total. The van der Waals surface area contributed by atoms with Crippen molar-refractivity contribution in [2.75, 3.05) is 13.2 Å². The predicted octanol–water partition coefficient (Wildman–Crippen LogP) is 4.45. The molecule has 0 bridgehead atoms. The van der Waals surface area contributed by atoms with Gasteiger partial charge in [0.2, 0.25) is 0 Å². The highest BCUT2D eigenvalue weighted by Crippen LogP contribution is 2.32. The number of nitrogens with one attached hydrogen (secondary N) is 1. The molecule has 0 saturated heterocycles. The standard InChI is InChI=1S/C18H31NO/c1-7-15(8-2)19-11-12-20-17-10-9-14(3)13-16(17)18(4,5)6/h9-10,13,15,19H,7-8,11-12H2,1-6H3. The van der Waals surface area contributed by atoms with E-state index in [2.05, 4.69) is 65.1 Å². The Kier molecular flexibility index (Phi) is 6.54. The SMILES string of the molecule is CCC(CC)NCCOc1ccc(C)cc1C(C)(C)C. The molecular weight excluding hydrogens is 246 g/mol. The van der Waals surface area contributed by atoms with E-state index in [9.17, 15) is 0 Å². The van der Waals surface area contributed by atoms with E-state index in [1.807, 2.05) is 0 Å². The summed E-state index contributed by atoms with van der Waals surface area (Å²) in [5, 5.41) is 3.53. The van der Waals surface area contributed by atoms with E-state index in [1.54, 1.807) is 0 Å². The van der Waals surface area contributed by atoms with Crippen molar-refractivity contribution in [2.45, 2.75) is 65.8 Å². The fraction of sp³-hybridized carbons (Fsp3) is 0.667. The molecule has 0 fully saturated rings. The lowest BCUT2D eigenvalue weighted by Gasteiger charge is -2.24. The molecule has 114 valence electrons. The summed E-state index contributed by atoms with van der Waals surface area (Å²) in [7, 11) is 0. The minimum Gasteiger partial charge on any atom is -0.492 e. The Morgan fingerprint density at radius 3 is 2.35 bits per heavy atom. The minimum absolute atomic E-state index is 0.115. The molecule has 1 aromatic carbocycles. The summed E-state index contributed by atoms with van der Waals surface area (Å²) >= 11 is 0. The van der Waals surface area contributed by atoms with E-state index in [1.165, 1.54) is 24.0 Å². The lowest BCUT2D eigenvalue weighted by Crippen LogP contribution is -2.31. The van der Waals surface area contributed by atoms with Gasteiger partial charge in [0.1, 0.15) is 12.4 Å². The maximum Gasteiger partial charge on any atom is 0.123 e. The second kappa shape index (κ2) is 7.68. The Labute approximate surface area is 124 Å². The van der Waals surface area contributed by atoms with Crippen LogP contribution < -0.4 is 10.1 Å². The van der Waals surface area contributed by atoms with Gasteiger partial charge in [-0.3, -0.25) is 0 Å². The van der Waals surface area contributed by atoms with Crippen LogP contribution in [0.5, 0.6) is 5.75 Å². The fourth-order valence-corrected chi connectivity index (χ4v) is 2.36. The van der Waals surface area contributed by atoms with E-state index in [-0.39, 0.29) is 5.41 Å². The van der Waals surface area contributed by atoms with Crippen LogP contribution in [0.15, 0.2) is 18.2 Å². The van der Waals surface area contributed by atoms with Crippen molar-refractivity contribution >= 4 is 0 Å². The van der Waals surface area contributed by atoms with Gasteiger partial charge in [0.05, 0.1) is 0 Å². The van der Waals surface area contributed by atoms with Crippen molar-refractivity contribution in [3.8, 4) is 5.75 Å². The van der Waals surface area contributed by atoms with Crippen LogP contribution in [0.1, 0.15) is 58.6 Å². The van der Waals surface area contributed by atoms with E-state index in [4.69, 9.17) is 4.74 Å². The zero-order chi connectivity index (χ0) is 15.2. The summed E-state index contributed by atoms with van der Waals surface area (Å²) in [6.45, 7) is 14.9. The monoisotopic (exact) mass is 277 g/mol. The molecule has 1 aromatic rings. The molecule has 0 aromatic heterocycles. The Morgan fingerprint density at radius 1 is 1.15 bits per heavy atom. The topological polar surface area (TPSA) is 21.3 Å². The molecule has 1 rings (SSSR count). The molecule has 0 atom stereocenters. The van der Waals surface area contributed by atoms with Gasteiger partial charge < -0.3 is 10.1 Å². The second-order valence-corrected chi connectivity index (χ2v) is 6.57. The quantitative estimate of drug-likeness (QED) is 0.743. The third-order valence-electron chi connectivity index (χ3n) is 3.72. The highest BCUT2D eigenvalue weighted by atomic mass is 16.5. The normalized spacial score (nSPS) is 11.9. The highest BCUT2D eigenvalue weighted by Gasteiger charge is 2.19. The molecule has 0 radical (unpaired) electrons. The van der Waals surface area contributed by atoms with Gasteiger partial charge in [-0.1, -0.05) is 52.3 Å². The Bertz CT molecular complexity index is 402. The third-order valence-corrected chi connectivity index (χ3v) is 3.72. The van der Waals surface area contributed by atoms with Gasteiger partial charge in [-0.15, -0.1) is 0 Å². The summed E-state index contributed by atoms with van der Waals surface area (Å²) in [4.78, 5) is 0. The van der Waals surface area contributed by atoms with Crippen LogP contribution in [0.2, 0.25) is 0 Å². The van der Waals surface area contributed by atoms with Crippen molar-refractivity contribution in [1.82, 2.24) is 5.32 Å². The first-order chi connectivity index (χ1) is 9.38. The molecule has 2 heteroatoms. The van der Waals surface area contributed by atoms with Crippen LogP contribution in [0.25, 0.3) is 0 Å². The number of aryl methyl sites for hydroxylation is 1. The molecule has 0 aliphatic rings. The van der Waals surface area contributed by atoms with E-state index in [0.717, 1.165) is 18.9 Å². The van der Waals surface area contributed by atoms with Crippen LogP contribution in [0.4, 0.5) is 0 Å². The molecule has 0 heterocycles. The molecule has 2 nitrogen and oxygen atoms in total. The average Bonchev–Trinajstić information content (AvgIpc) is 2.39. The Balaban J connectivity index is 2.60. The van der Waals surface area contributed by atoms with Gasteiger partial charge >= 0.3 is 0 Å². The van der Waals surface area contributed by atoms with Gasteiger partial charge in [-0.25, -0.2) is 0 Å². The predicted molar refractivity (Wildman–Crippen MR) is 87.7 cm³/mol. The molecular formula is C18H31NO. The molecule has 0 spiro atoms. The smallest absolute Gasteiger partial charge is 0.123 e. The van der Waals surface area contributed by atoms with Crippen molar-refractivity contribution in [3.63, 3.8) is 0 Å². The van der Waals surface area contributed by atoms with Gasteiger partial charge in [0.25, 0.3) is 0 Å². The average molecular weight is 277 g/mol. The van der Waals surface area contributed by atoms with Crippen molar-refractivity contribution in [2.24, 2.45) is 0 Å². The van der Waals surface area contributed by atoms with Crippen molar-refractivity contribution in [1.29, 1.82) is 0 Å². The van der Waals surface area contributed by atoms with E-state index < -0.39 is 0 Å². The summed E-state index contributed by atoms with van der Waals surface area (Å²) in [5.41, 5.74) is 2.70. The Morgan fingerprint density at radius 2 is 1.80 bits per heavy atom. The largest absolute Gasteiger partial charge is 0.492 e. The highest BCUT2D eigenvalue weighted by molar-refractivity contribution is 5.41. The van der Waals surface area contributed by atoms with Crippen LogP contribution >= 0.6 is 0 Å². The zero-order valence-electron chi connectivity index (χ0n) is 14.0. The molecule has 0 unspecified atom stereocenters. The fourth-order valence-electron chi connectivity index (χ4n) is 2.36. The second-order valence-electron chi connectivity index (χ2n) is 6.57. The van der Waals surface area contributed by atoms with E-state index >= 15 is 0 Å². The molecule has 0 saturated carbocycles. The molecule has 0 aliphatic heterocycles.